The van der Waals surface area contributed by atoms with Gasteiger partial charge in [-0.15, -0.1) is 12.4 Å². The van der Waals surface area contributed by atoms with Gasteiger partial charge >= 0.3 is 0 Å². The molecule has 0 aromatic heterocycles. The van der Waals surface area contributed by atoms with Gasteiger partial charge in [-0.25, -0.2) is 0 Å². The molecule has 5 heteroatoms. The number of benzene rings is 1. The summed E-state index contributed by atoms with van der Waals surface area (Å²) in [5.74, 6) is 0.551. The highest BCUT2D eigenvalue weighted by Gasteiger charge is 2.23. The summed E-state index contributed by atoms with van der Waals surface area (Å²) in [5, 5.41) is 0. The normalized spacial score (nSPS) is 16.9. The Kier molecular flexibility index (Phi) is 7.72. The first kappa shape index (κ1) is 18.0. The lowest BCUT2D eigenvalue weighted by Gasteiger charge is -2.31. The van der Waals surface area contributed by atoms with Crippen LogP contribution in [0.2, 0.25) is 0 Å². The van der Waals surface area contributed by atoms with Gasteiger partial charge in [0.1, 0.15) is 0 Å². The third-order valence-electron chi connectivity index (χ3n) is 3.74. The van der Waals surface area contributed by atoms with E-state index in [1.54, 1.807) is 6.92 Å². The van der Waals surface area contributed by atoms with E-state index in [0.717, 1.165) is 38.2 Å². The summed E-state index contributed by atoms with van der Waals surface area (Å²) in [5.41, 5.74) is 6.93. The maximum absolute atomic E-state index is 12.3. The van der Waals surface area contributed by atoms with Crippen molar-refractivity contribution in [3.8, 4) is 0 Å². The Morgan fingerprint density at radius 3 is 2.52 bits per heavy atom. The van der Waals surface area contributed by atoms with Crippen LogP contribution in [0.1, 0.15) is 25.3 Å². The monoisotopic (exact) mass is 312 g/mol. The molecule has 0 saturated carbocycles. The maximum atomic E-state index is 12.3. The number of hydrogen-bond donors (Lipinski definition) is 1. The van der Waals surface area contributed by atoms with Crippen LogP contribution < -0.4 is 5.73 Å². The highest BCUT2D eigenvalue weighted by Crippen LogP contribution is 2.18. The third-order valence-corrected chi connectivity index (χ3v) is 3.74. The van der Waals surface area contributed by atoms with E-state index in [0.29, 0.717) is 12.5 Å². The fraction of sp³-hybridized carbons (Fsp3) is 0.562. The van der Waals surface area contributed by atoms with Crippen LogP contribution in [-0.4, -0.2) is 36.6 Å². The molecule has 0 unspecified atom stereocenters. The average molecular weight is 313 g/mol. The molecule has 1 aliphatic rings. The number of nitrogens with two attached hydrogens (primary N) is 1. The zero-order valence-electron chi connectivity index (χ0n) is 12.5. The van der Waals surface area contributed by atoms with Gasteiger partial charge in [0.25, 0.3) is 0 Å². The molecular weight excluding hydrogens is 288 g/mol. The molecule has 0 spiro atoms. The maximum Gasteiger partial charge on any atom is 0.239 e. The molecule has 1 saturated heterocycles. The standard InChI is InChI=1S/C16H24N2O2.ClH/c1-13(17)16(19)18(11-14-5-3-2-4-6-14)12-15-7-9-20-10-8-15;/h2-6,13,15H,7-12,17H2,1H3;1H/t13-;/m0./s1. The lowest BCUT2D eigenvalue weighted by molar-refractivity contribution is -0.134. The molecule has 0 aliphatic carbocycles. The topological polar surface area (TPSA) is 55.6 Å². The summed E-state index contributed by atoms with van der Waals surface area (Å²) < 4.78 is 5.38. The number of halogens is 1. The minimum Gasteiger partial charge on any atom is -0.381 e. The Morgan fingerprint density at radius 2 is 1.95 bits per heavy atom. The van der Waals surface area contributed by atoms with Gasteiger partial charge in [-0.1, -0.05) is 30.3 Å². The van der Waals surface area contributed by atoms with Crippen molar-refractivity contribution in [3.63, 3.8) is 0 Å². The predicted octanol–water partition coefficient (Wildman–Crippen LogP) is 2.21. The minimum atomic E-state index is -0.446. The van der Waals surface area contributed by atoms with Crippen molar-refractivity contribution in [2.24, 2.45) is 11.7 Å². The van der Waals surface area contributed by atoms with Crippen LogP contribution >= 0.6 is 12.4 Å². The highest BCUT2D eigenvalue weighted by molar-refractivity contribution is 5.85. The smallest absolute Gasteiger partial charge is 0.239 e. The first-order chi connectivity index (χ1) is 9.66. The fourth-order valence-corrected chi connectivity index (χ4v) is 2.56. The molecule has 2 N–H and O–H groups in total. The molecule has 0 bridgehead atoms. The molecule has 1 aromatic carbocycles. The van der Waals surface area contributed by atoms with Crippen LogP contribution in [0.3, 0.4) is 0 Å². The van der Waals surface area contributed by atoms with Crippen LogP contribution in [-0.2, 0) is 16.1 Å². The van der Waals surface area contributed by atoms with E-state index < -0.39 is 6.04 Å². The molecule has 1 heterocycles. The van der Waals surface area contributed by atoms with Gasteiger partial charge in [0.2, 0.25) is 5.91 Å². The van der Waals surface area contributed by atoms with E-state index in [4.69, 9.17) is 10.5 Å². The van der Waals surface area contributed by atoms with Crippen LogP contribution in [0.4, 0.5) is 0 Å². The van der Waals surface area contributed by atoms with Gasteiger partial charge < -0.3 is 15.4 Å². The van der Waals surface area contributed by atoms with E-state index in [1.165, 1.54) is 0 Å². The lowest BCUT2D eigenvalue weighted by atomic mass is 9.99. The van der Waals surface area contributed by atoms with E-state index in [9.17, 15) is 4.79 Å². The highest BCUT2D eigenvalue weighted by atomic mass is 35.5. The summed E-state index contributed by atoms with van der Waals surface area (Å²) in [6, 6.07) is 9.63. The molecule has 1 fully saturated rings. The van der Waals surface area contributed by atoms with Gasteiger partial charge in [0.15, 0.2) is 0 Å². The number of hydrogen-bond acceptors (Lipinski definition) is 3. The van der Waals surface area contributed by atoms with Crippen molar-refractivity contribution >= 4 is 18.3 Å². The molecule has 1 aliphatic heterocycles. The number of ether oxygens (including phenoxy) is 1. The summed E-state index contributed by atoms with van der Waals surface area (Å²) in [6.45, 7) is 4.77. The third kappa shape index (κ3) is 5.65. The number of carbonyl (C=O) groups excluding carboxylic acids is 1. The number of rotatable bonds is 5. The van der Waals surface area contributed by atoms with Crippen molar-refractivity contribution < 1.29 is 9.53 Å². The van der Waals surface area contributed by atoms with Gasteiger partial charge in [-0.05, 0) is 31.2 Å². The molecule has 0 radical (unpaired) electrons. The molecular formula is C16H25ClN2O2. The predicted molar refractivity (Wildman–Crippen MR) is 86.3 cm³/mol. The second-order valence-electron chi connectivity index (χ2n) is 5.55. The number of nitrogens with zero attached hydrogens (tertiary/aromatic N) is 1. The molecule has 1 atom stereocenters. The minimum absolute atomic E-state index is 0. The Labute approximate surface area is 133 Å². The van der Waals surface area contributed by atoms with Crippen molar-refractivity contribution in [2.45, 2.75) is 32.4 Å². The van der Waals surface area contributed by atoms with Gasteiger partial charge in [-0.3, -0.25) is 4.79 Å². The first-order valence-corrected chi connectivity index (χ1v) is 7.33. The zero-order chi connectivity index (χ0) is 14.4. The molecule has 1 aromatic rings. The average Bonchev–Trinajstić information content (AvgIpc) is 2.48. The zero-order valence-corrected chi connectivity index (χ0v) is 13.3. The molecule has 2 rings (SSSR count). The summed E-state index contributed by atoms with van der Waals surface area (Å²) in [7, 11) is 0. The first-order valence-electron chi connectivity index (χ1n) is 7.33. The summed E-state index contributed by atoms with van der Waals surface area (Å²) in [4.78, 5) is 14.2. The molecule has 1 amide bonds. The Balaban J connectivity index is 0.00000220. The van der Waals surface area contributed by atoms with Crippen LogP contribution in [0.15, 0.2) is 30.3 Å². The molecule has 21 heavy (non-hydrogen) atoms. The lowest BCUT2D eigenvalue weighted by Crippen LogP contribution is -2.44. The van der Waals surface area contributed by atoms with Gasteiger partial charge in [0.05, 0.1) is 6.04 Å². The van der Waals surface area contributed by atoms with Crippen LogP contribution in [0, 0.1) is 5.92 Å². The SMILES string of the molecule is C[C@H](N)C(=O)N(Cc1ccccc1)CC1CCOCC1.Cl. The van der Waals surface area contributed by atoms with Crippen LogP contribution in [0.5, 0.6) is 0 Å². The van der Waals surface area contributed by atoms with Crippen molar-refractivity contribution in [1.82, 2.24) is 4.90 Å². The van der Waals surface area contributed by atoms with Gasteiger partial charge in [0, 0.05) is 26.3 Å². The van der Waals surface area contributed by atoms with Crippen molar-refractivity contribution in [1.29, 1.82) is 0 Å². The van der Waals surface area contributed by atoms with E-state index in [1.807, 2.05) is 35.2 Å². The fourth-order valence-electron chi connectivity index (χ4n) is 2.56. The van der Waals surface area contributed by atoms with E-state index in [-0.39, 0.29) is 18.3 Å². The van der Waals surface area contributed by atoms with E-state index in [2.05, 4.69) is 0 Å². The molecule has 4 nitrogen and oxygen atoms in total. The Morgan fingerprint density at radius 1 is 1.33 bits per heavy atom. The second kappa shape index (κ2) is 9.03. The molecule has 118 valence electrons. The number of amides is 1. The van der Waals surface area contributed by atoms with Crippen molar-refractivity contribution in [2.75, 3.05) is 19.8 Å². The van der Waals surface area contributed by atoms with Gasteiger partial charge in [-0.2, -0.15) is 0 Å². The Bertz CT molecular complexity index is 420. The summed E-state index contributed by atoms with van der Waals surface area (Å²) >= 11 is 0. The van der Waals surface area contributed by atoms with Crippen LogP contribution in [0.25, 0.3) is 0 Å². The number of carbonyl (C=O) groups is 1. The largest absolute Gasteiger partial charge is 0.381 e. The van der Waals surface area contributed by atoms with Crippen molar-refractivity contribution in [3.05, 3.63) is 35.9 Å². The van der Waals surface area contributed by atoms with E-state index >= 15 is 0 Å². The summed E-state index contributed by atoms with van der Waals surface area (Å²) in [6.07, 6.45) is 2.05. The quantitative estimate of drug-likeness (QED) is 0.907. The second-order valence-corrected chi connectivity index (χ2v) is 5.55. The Hall–Kier alpha value is -1.10.